The topological polar surface area (TPSA) is 48.6 Å². The van der Waals surface area contributed by atoms with Crippen molar-refractivity contribution in [2.75, 3.05) is 0 Å². The summed E-state index contributed by atoms with van der Waals surface area (Å²) in [4.78, 5) is 17.7. The Bertz CT molecular complexity index is 670. The summed E-state index contributed by atoms with van der Waals surface area (Å²) >= 11 is 4.99. The number of benzene rings is 1. The highest BCUT2D eigenvalue weighted by molar-refractivity contribution is 7.71. The Balaban J connectivity index is 2.50. The highest BCUT2D eigenvalue weighted by Crippen LogP contribution is 2.13. The Morgan fingerprint density at radius 3 is 2.61 bits per heavy atom. The molecule has 0 fully saturated rings. The third-order valence-corrected chi connectivity index (χ3v) is 3.32. The molecule has 2 rings (SSSR count). The van der Waals surface area contributed by atoms with Crippen LogP contribution in [0.4, 0.5) is 0 Å². The Labute approximate surface area is 111 Å². The molecule has 18 heavy (non-hydrogen) atoms. The van der Waals surface area contributed by atoms with Gasteiger partial charge in [0.05, 0.1) is 0 Å². The summed E-state index contributed by atoms with van der Waals surface area (Å²) in [6.07, 6.45) is 1.41. The van der Waals surface area contributed by atoms with Gasteiger partial charge in [-0.15, -0.1) is 0 Å². The lowest BCUT2D eigenvalue weighted by Gasteiger charge is -2.09. The molecule has 0 radical (unpaired) electrons. The minimum atomic E-state index is -0.0844. The third-order valence-electron chi connectivity index (χ3n) is 3.11. The molecule has 94 valence electrons. The Hall–Kier alpha value is -1.68. The Kier molecular flexibility index (Phi) is 3.77. The molecule has 1 aromatic heterocycles. The van der Waals surface area contributed by atoms with E-state index >= 15 is 0 Å². The molecule has 0 aliphatic heterocycles. The second-order valence-corrected chi connectivity index (χ2v) is 4.73. The van der Waals surface area contributed by atoms with Gasteiger partial charge in [-0.25, -0.2) is 0 Å². The van der Waals surface area contributed by atoms with Crippen molar-refractivity contribution in [2.24, 2.45) is 0 Å². The Morgan fingerprint density at radius 2 is 1.94 bits per heavy atom. The first-order valence-corrected chi connectivity index (χ1v) is 6.41. The first-order chi connectivity index (χ1) is 8.61. The molecule has 0 saturated heterocycles. The molecule has 4 heteroatoms. The van der Waals surface area contributed by atoms with Crippen molar-refractivity contribution in [1.82, 2.24) is 9.97 Å². The number of rotatable bonds is 3. The molecule has 1 heterocycles. The summed E-state index contributed by atoms with van der Waals surface area (Å²) in [6, 6.07) is 8.10. The van der Waals surface area contributed by atoms with Gasteiger partial charge < -0.3 is 4.98 Å². The predicted molar refractivity (Wildman–Crippen MR) is 75.6 cm³/mol. The van der Waals surface area contributed by atoms with Crippen LogP contribution in [0.2, 0.25) is 0 Å². The third kappa shape index (κ3) is 2.59. The molecule has 0 spiro atoms. The zero-order valence-corrected chi connectivity index (χ0v) is 11.4. The second-order valence-electron chi connectivity index (χ2n) is 4.32. The summed E-state index contributed by atoms with van der Waals surface area (Å²) < 4.78 is 0.394. The molecule has 0 aliphatic rings. The average Bonchev–Trinajstić information content (AvgIpc) is 2.34. The van der Waals surface area contributed by atoms with Gasteiger partial charge >= 0.3 is 0 Å². The van der Waals surface area contributed by atoms with Gasteiger partial charge in [0.2, 0.25) is 0 Å². The van der Waals surface area contributed by atoms with E-state index in [9.17, 15) is 4.79 Å². The molecule has 0 atom stereocenters. The van der Waals surface area contributed by atoms with Crippen LogP contribution in [-0.2, 0) is 12.8 Å². The van der Waals surface area contributed by atoms with Gasteiger partial charge in [0.25, 0.3) is 5.56 Å². The van der Waals surface area contributed by atoms with E-state index in [0.29, 0.717) is 11.2 Å². The Morgan fingerprint density at radius 1 is 1.22 bits per heavy atom. The summed E-state index contributed by atoms with van der Waals surface area (Å²) in [6.45, 7) is 4.07. The number of aromatic nitrogens is 2. The van der Waals surface area contributed by atoms with Gasteiger partial charge in [-0.3, -0.25) is 9.78 Å². The van der Waals surface area contributed by atoms with Gasteiger partial charge in [-0.1, -0.05) is 31.2 Å². The van der Waals surface area contributed by atoms with Gasteiger partial charge in [0.15, 0.2) is 4.77 Å². The van der Waals surface area contributed by atoms with Crippen molar-refractivity contribution in [3.63, 3.8) is 0 Å². The van der Waals surface area contributed by atoms with E-state index in [2.05, 4.69) is 29.0 Å². The smallest absolute Gasteiger partial charge is 0.255 e. The first kappa shape index (κ1) is 12.8. The van der Waals surface area contributed by atoms with E-state index < -0.39 is 0 Å². The number of aryl methyl sites for hydroxylation is 2. The normalized spacial score (nSPS) is 10.6. The monoisotopic (exact) mass is 260 g/mol. The lowest BCUT2D eigenvalue weighted by Crippen LogP contribution is -2.18. The SMILES string of the molecule is CCc1[nH]c(=S)[nH]c(=O)c1Cc1ccccc1C. The molecule has 2 N–H and O–H groups in total. The van der Waals surface area contributed by atoms with Crippen molar-refractivity contribution >= 4 is 12.2 Å². The minimum absolute atomic E-state index is 0.0844. The fourth-order valence-electron chi connectivity index (χ4n) is 2.05. The molecule has 3 nitrogen and oxygen atoms in total. The predicted octanol–water partition coefficient (Wildman–Crippen LogP) is 2.89. The molecule has 0 unspecified atom stereocenters. The van der Waals surface area contributed by atoms with E-state index in [0.717, 1.165) is 17.7 Å². The van der Waals surface area contributed by atoms with Crippen LogP contribution in [0.25, 0.3) is 0 Å². The molecule has 0 saturated carbocycles. The molecule has 0 aliphatic carbocycles. The largest absolute Gasteiger partial charge is 0.336 e. The lowest BCUT2D eigenvalue weighted by atomic mass is 10.00. The molecule has 2 aromatic rings. The summed E-state index contributed by atoms with van der Waals surface area (Å²) in [5, 5.41) is 0. The standard InChI is InChI=1S/C14H16N2OS/c1-3-12-11(13(17)16-14(18)15-12)8-10-7-5-4-6-9(10)2/h4-7H,3,8H2,1-2H3,(H2,15,16,17,18). The van der Waals surface area contributed by atoms with Crippen LogP contribution in [0.15, 0.2) is 29.1 Å². The van der Waals surface area contributed by atoms with E-state index in [-0.39, 0.29) is 5.56 Å². The van der Waals surface area contributed by atoms with Crippen LogP contribution in [0.3, 0.4) is 0 Å². The van der Waals surface area contributed by atoms with E-state index in [4.69, 9.17) is 12.2 Å². The van der Waals surface area contributed by atoms with Gasteiger partial charge in [-0.2, -0.15) is 0 Å². The van der Waals surface area contributed by atoms with Gasteiger partial charge in [0, 0.05) is 17.7 Å². The molecular weight excluding hydrogens is 244 g/mol. The van der Waals surface area contributed by atoms with Crippen molar-refractivity contribution in [2.45, 2.75) is 26.7 Å². The van der Waals surface area contributed by atoms with Gasteiger partial charge in [-0.05, 0) is 36.7 Å². The maximum absolute atomic E-state index is 12.0. The van der Waals surface area contributed by atoms with Crippen LogP contribution >= 0.6 is 12.2 Å². The molecule has 0 amide bonds. The van der Waals surface area contributed by atoms with Crippen LogP contribution < -0.4 is 5.56 Å². The number of hydrogen-bond donors (Lipinski definition) is 2. The number of aromatic amines is 2. The quantitative estimate of drug-likeness (QED) is 0.834. The van der Waals surface area contributed by atoms with Crippen LogP contribution in [-0.4, -0.2) is 9.97 Å². The molecule has 1 aromatic carbocycles. The van der Waals surface area contributed by atoms with Gasteiger partial charge in [0.1, 0.15) is 0 Å². The molecular formula is C14H16N2OS. The van der Waals surface area contributed by atoms with E-state index in [1.54, 1.807) is 0 Å². The van der Waals surface area contributed by atoms with Crippen LogP contribution in [0, 0.1) is 11.7 Å². The average molecular weight is 260 g/mol. The van der Waals surface area contributed by atoms with E-state index in [1.807, 2.05) is 19.1 Å². The maximum Gasteiger partial charge on any atom is 0.255 e. The summed E-state index contributed by atoms with van der Waals surface area (Å²) in [7, 11) is 0. The van der Waals surface area contributed by atoms with Crippen molar-refractivity contribution < 1.29 is 0 Å². The number of H-pyrrole nitrogens is 2. The highest BCUT2D eigenvalue weighted by atomic mass is 32.1. The van der Waals surface area contributed by atoms with E-state index in [1.165, 1.54) is 11.1 Å². The summed E-state index contributed by atoms with van der Waals surface area (Å²) in [5.41, 5.74) is 3.98. The highest BCUT2D eigenvalue weighted by Gasteiger charge is 2.09. The maximum atomic E-state index is 12.0. The lowest BCUT2D eigenvalue weighted by molar-refractivity contribution is 0.905. The van der Waals surface area contributed by atoms with Crippen LogP contribution in [0.5, 0.6) is 0 Å². The summed E-state index contributed by atoms with van der Waals surface area (Å²) in [5.74, 6) is 0. The number of hydrogen-bond acceptors (Lipinski definition) is 2. The fraction of sp³-hybridized carbons (Fsp3) is 0.286. The minimum Gasteiger partial charge on any atom is -0.336 e. The number of nitrogens with one attached hydrogen (secondary N) is 2. The first-order valence-electron chi connectivity index (χ1n) is 6.00. The second kappa shape index (κ2) is 5.31. The van der Waals surface area contributed by atoms with Crippen molar-refractivity contribution in [3.05, 3.63) is 61.8 Å². The van der Waals surface area contributed by atoms with Crippen LogP contribution in [0.1, 0.15) is 29.3 Å². The molecule has 0 bridgehead atoms. The fourth-order valence-corrected chi connectivity index (χ4v) is 2.26. The van der Waals surface area contributed by atoms with Crippen molar-refractivity contribution in [3.8, 4) is 0 Å². The van der Waals surface area contributed by atoms with Crippen molar-refractivity contribution in [1.29, 1.82) is 0 Å². The zero-order valence-electron chi connectivity index (χ0n) is 10.5. The zero-order chi connectivity index (χ0) is 13.1.